The molecule has 0 saturated heterocycles. The van der Waals surface area contributed by atoms with E-state index < -0.39 is 0 Å². The average molecular weight is 342 g/mol. The SMILES string of the molecule is c1ccc2cc(-c3ccc4c(c3)-c3c(ccc5ccccc35)C4)ccc2c1. The van der Waals surface area contributed by atoms with Crippen molar-refractivity contribution in [2.45, 2.75) is 6.42 Å². The lowest BCUT2D eigenvalue weighted by Crippen LogP contribution is -1.84. The molecule has 1 aliphatic rings. The largest absolute Gasteiger partial charge is 0.0616 e. The maximum absolute atomic E-state index is 2.39. The standard InChI is InChI=1S/C27H18/c1-2-7-20-15-21(11-9-18(20)5-1)22-12-13-23-16-24-14-10-19-6-3-4-8-25(19)27(24)26(23)17-22/h1-15,17H,16H2. The van der Waals surface area contributed by atoms with Gasteiger partial charge in [-0.25, -0.2) is 0 Å². The van der Waals surface area contributed by atoms with Crippen molar-refractivity contribution in [1.29, 1.82) is 0 Å². The lowest BCUT2D eigenvalue weighted by Gasteiger charge is -2.09. The van der Waals surface area contributed by atoms with Crippen LogP contribution in [0, 0.1) is 0 Å². The van der Waals surface area contributed by atoms with Crippen LogP contribution in [0.5, 0.6) is 0 Å². The molecule has 27 heavy (non-hydrogen) atoms. The summed E-state index contributed by atoms with van der Waals surface area (Å²) in [4.78, 5) is 0. The zero-order valence-corrected chi connectivity index (χ0v) is 14.9. The lowest BCUT2D eigenvalue weighted by atomic mass is 9.94. The third kappa shape index (κ3) is 2.23. The van der Waals surface area contributed by atoms with Gasteiger partial charge in [-0.15, -0.1) is 0 Å². The van der Waals surface area contributed by atoms with E-state index in [-0.39, 0.29) is 0 Å². The van der Waals surface area contributed by atoms with Crippen LogP contribution in [-0.4, -0.2) is 0 Å². The molecule has 0 fully saturated rings. The van der Waals surface area contributed by atoms with Crippen LogP contribution in [0.3, 0.4) is 0 Å². The van der Waals surface area contributed by atoms with E-state index >= 15 is 0 Å². The average Bonchev–Trinajstić information content (AvgIpc) is 3.11. The molecule has 0 radical (unpaired) electrons. The highest BCUT2D eigenvalue weighted by molar-refractivity contribution is 6.02. The van der Waals surface area contributed by atoms with Gasteiger partial charge in [0, 0.05) is 0 Å². The van der Waals surface area contributed by atoms with Crippen LogP contribution in [0.4, 0.5) is 0 Å². The molecule has 0 heterocycles. The van der Waals surface area contributed by atoms with Crippen LogP contribution in [-0.2, 0) is 6.42 Å². The summed E-state index contributed by atoms with van der Waals surface area (Å²) in [5, 5.41) is 5.27. The quantitative estimate of drug-likeness (QED) is 0.296. The molecule has 0 unspecified atom stereocenters. The maximum atomic E-state index is 2.39. The molecule has 126 valence electrons. The Labute approximate surface area is 158 Å². The molecule has 0 saturated carbocycles. The van der Waals surface area contributed by atoms with Crippen molar-refractivity contribution in [3.8, 4) is 22.3 Å². The molecule has 0 aliphatic heterocycles. The molecular weight excluding hydrogens is 324 g/mol. The van der Waals surface area contributed by atoms with Crippen molar-refractivity contribution in [2.75, 3.05) is 0 Å². The molecule has 0 atom stereocenters. The second-order valence-electron chi connectivity index (χ2n) is 7.43. The summed E-state index contributed by atoms with van der Waals surface area (Å²) in [6, 6.07) is 35.6. The van der Waals surface area contributed by atoms with Crippen LogP contribution in [0.25, 0.3) is 43.8 Å². The molecular formula is C27H18. The Hall–Kier alpha value is -3.38. The van der Waals surface area contributed by atoms with E-state index in [0.717, 1.165) is 6.42 Å². The first-order valence-corrected chi connectivity index (χ1v) is 9.50. The van der Waals surface area contributed by atoms with E-state index in [1.54, 1.807) is 0 Å². The number of fused-ring (bicyclic) bond motifs is 6. The topological polar surface area (TPSA) is 0 Å². The summed E-state index contributed by atoms with van der Waals surface area (Å²) in [5.74, 6) is 0. The van der Waals surface area contributed by atoms with Gasteiger partial charge < -0.3 is 0 Å². The summed E-state index contributed by atoms with van der Waals surface area (Å²) in [7, 11) is 0. The Morgan fingerprint density at radius 2 is 1.15 bits per heavy atom. The summed E-state index contributed by atoms with van der Waals surface area (Å²) in [6.45, 7) is 0. The van der Waals surface area contributed by atoms with Crippen molar-refractivity contribution in [3.63, 3.8) is 0 Å². The van der Waals surface area contributed by atoms with Crippen LogP contribution >= 0.6 is 0 Å². The van der Waals surface area contributed by atoms with E-state index in [2.05, 4.69) is 97.1 Å². The molecule has 5 aromatic rings. The van der Waals surface area contributed by atoms with Crippen molar-refractivity contribution < 1.29 is 0 Å². The molecule has 6 rings (SSSR count). The van der Waals surface area contributed by atoms with Crippen molar-refractivity contribution in [2.24, 2.45) is 0 Å². The first-order valence-electron chi connectivity index (χ1n) is 9.50. The highest BCUT2D eigenvalue weighted by Gasteiger charge is 2.21. The third-order valence-corrected chi connectivity index (χ3v) is 5.86. The van der Waals surface area contributed by atoms with Gasteiger partial charge in [-0.2, -0.15) is 0 Å². The minimum absolute atomic E-state index is 1.04. The fourth-order valence-electron chi connectivity index (χ4n) is 4.50. The molecule has 0 heteroatoms. The lowest BCUT2D eigenvalue weighted by molar-refractivity contribution is 1.27. The smallest absolute Gasteiger partial charge is 0.00132 e. The zero-order valence-electron chi connectivity index (χ0n) is 14.9. The van der Waals surface area contributed by atoms with Crippen molar-refractivity contribution >= 4 is 21.5 Å². The van der Waals surface area contributed by atoms with E-state index in [1.165, 1.54) is 54.9 Å². The van der Waals surface area contributed by atoms with Gasteiger partial charge in [0.15, 0.2) is 0 Å². The zero-order chi connectivity index (χ0) is 17.8. The van der Waals surface area contributed by atoms with Crippen molar-refractivity contribution in [1.82, 2.24) is 0 Å². The number of hydrogen-bond acceptors (Lipinski definition) is 0. The van der Waals surface area contributed by atoms with Gasteiger partial charge in [-0.05, 0) is 73.5 Å². The summed E-state index contributed by atoms with van der Waals surface area (Å²) in [5.41, 5.74) is 8.27. The molecule has 0 aromatic heterocycles. The van der Waals surface area contributed by atoms with Crippen molar-refractivity contribution in [3.05, 3.63) is 108 Å². The second-order valence-corrected chi connectivity index (χ2v) is 7.43. The predicted molar refractivity (Wildman–Crippen MR) is 115 cm³/mol. The monoisotopic (exact) mass is 342 g/mol. The normalized spacial score (nSPS) is 12.3. The Morgan fingerprint density at radius 1 is 0.481 bits per heavy atom. The summed E-state index contributed by atoms with van der Waals surface area (Å²) >= 11 is 0. The Bertz CT molecular complexity index is 1340. The molecule has 0 bridgehead atoms. The molecule has 0 nitrogen and oxygen atoms in total. The molecule has 5 aromatic carbocycles. The predicted octanol–water partition coefficient (Wildman–Crippen LogP) is 7.23. The highest BCUT2D eigenvalue weighted by Crippen LogP contribution is 2.43. The molecule has 0 amide bonds. The van der Waals surface area contributed by atoms with E-state index in [9.17, 15) is 0 Å². The van der Waals surface area contributed by atoms with E-state index in [1.807, 2.05) is 0 Å². The van der Waals surface area contributed by atoms with Gasteiger partial charge in [-0.1, -0.05) is 84.9 Å². The van der Waals surface area contributed by atoms with Gasteiger partial charge in [0.2, 0.25) is 0 Å². The number of rotatable bonds is 1. The summed E-state index contributed by atoms with van der Waals surface area (Å²) < 4.78 is 0. The minimum Gasteiger partial charge on any atom is -0.0616 e. The minimum atomic E-state index is 1.04. The first-order chi connectivity index (χ1) is 13.4. The summed E-state index contributed by atoms with van der Waals surface area (Å²) in [6.07, 6.45) is 1.04. The van der Waals surface area contributed by atoms with E-state index in [4.69, 9.17) is 0 Å². The number of hydrogen-bond donors (Lipinski definition) is 0. The van der Waals surface area contributed by atoms with Gasteiger partial charge in [0.05, 0.1) is 0 Å². The molecule has 0 N–H and O–H groups in total. The Morgan fingerprint density at radius 3 is 2.07 bits per heavy atom. The molecule has 0 spiro atoms. The van der Waals surface area contributed by atoms with E-state index in [0.29, 0.717) is 0 Å². The maximum Gasteiger partial charge on any atom is -0.00132 e. The fourth-order valence-corrected chi connectivity index (χ4v) is 4.50. The van der Waals surface area contributed by atoms with Gasteiger partial charge in [-0.3, -0.25) is 0 Å². The Balaban J connectivity index is 1.57. The van der Waals surface area contributed by atoms with Gasteiger partial charge in [0.1, 0.15) is 0 Å². The fraction of sp³-hybridized carbons (Fsp3) is 0.0370. The van der Waals surface area contributed by atoms with Crippen LogP contribution < -0.4 is 0 Å². The van der Waals surface area contributed by atoms with Crippen LogP contribution in [0.1, 0.15) is 11.1 Å². The Kier molecular flexibility index (Phi) is 3.04. The number of benzene rings is 5. The first kappa shape index (κ1) is 14.8. The van der Waals surface area contributed by atoms with Crippen LogP contribution in [0.2, 0.25) is 0 Å². The van der Waals surface area contributed by atoms with Gasteiger partial charge >= 0.3 is 0 Å². The van der Waals surface area contributed by atoms with Gasteiger partial charge in [0.25, 0.3) is 0 Å². The third-order valence-electron chi connectivity index (χ3n) is 5.86. The molecule has 1 aliphatic carbocycles. The van der Waals surface area contributed by atoms with Crippen LogP contribution in [0.15, 0.2) is 97.1 Å². The second kappa shape index (κ2) is 5.56. The highest BCUT2D eigenvalue weighted by atomic mass is 14.2.